The summed E-state index contributed by atoms with van der Waals surface area (Å²) >= 11 is 4.78. The van der Waals surface area contributed by atoms with Gasteiger partial charge in [-0.1, -0.05) is 27.3 Å². The number of halogens is 2. The molecule has 23 heavy (non-hydrogen) atoms. The van der Waals surface area contributed by atoms with Crippen LogP contribution >= 0.6 is 27.3 Å². The predicted octanol–water partition coefficient (Wildman–Crippen LogP) is 5.04. The van der Waals surface area contributed by atoms with E-state index in [9.17, 15) is 4.39 Å². The van der Waals surface area contributed by atoms with Crippen LogP contribution in [0.5, 0.6) is 0 Å². The Kier molecular flexibility index (Phi) is 3.90. The molecule has 1 saturated heterocycles. The van der Waals surface area contributed by atoms with Crippen LogP contribution in [-0.4, -0.2) is 16.7 Å². The molecule has 118 valence electrons. The fourth-order valence-corrected chi connectivity index (χ4v) is 4.17. The Morgan fingerprint density at radius 1 is 1.30 bits per heavy atom. The van der Waals surface area contributed by atoms with E-state index in [0.29, 0.717) is 10.6 Å². The molecule has 1 fully saturated rings. The first-order chi connectivity index (χ1) is 11.2. The molecule has 3 heterocycles. The molecule has 0 radical (unpaired) electrons. The number of benzene rings is 1. The maximum atomic E-state index is 14.0. The monoisotopic (exact) mass is 393 g/mol. The van der Waals surface area contributed by atoms with Crippen molar-refractivity contribution in [2.24, 2.45) is 0 Å². The highest BCUT2D eigenvalue weighted by atomic mass is 79.9. The lowest BCUT2D eigenvalue weighted by Crippen LogP contribution is -2.21. The lowest BCUT2D eigenvalue weighted by molar-refractivity contribution is 0.465. The average Bonchev–Trinajstić information content (AvgIpc) is 3.29. The second-order valence-corrected chi connectivity index (χ2v) is 7.25. The molecule has 1 unspecified atom stereocenters. The van der Waals surface area contributed by atoms with E-state index < -0.39 is 0 Å². The highest BCUT2D eigenvalue weighted by molar-refractivity contribution is 9.10. The summed E-state index contributed by atoms with van der Waals surface area (Å²) in [5.41, 5.74) is 0.469. The summed E-state index contributed by atoms with van der Waals surface area (Å²) in [6, 6.07) is 8.90. The molecule has 1 aliphatic heterocycles. The van der Waals surface area contributed by atoms with E-state index in [1.165, 1.54) is 17.4 Å². The minimum Gasteiger partial charge on any atom is -0.467 e. The van der Waals surface area contributed by atoms with Gasteiger partial charge >= 0.3 is 0 Å². The number of hydrogen-bond acceptors (Lipinski definition) is 5. The molecular weight excluding hydrogens is 381 g/mol. The summed E-state index contributed by atoms with van der Waals surface area (Å²) in [6.07, 6.45) is 3.79. The fourth-order valence-electron chi connectivity index (χ4n) is 2.87. The third-order valence-electron chi connectivity index (χ3n) is 3.94. The van der Waals surface area contributed by atoms with Gasteiger partial charge in [-0.2, -0.15) is 0 Å². The highest BCUT2D eigenvalue weighted by Gasteiger charge is 2.30. The van der Waals surface area contributed by atoms with Crippen molar-refractivity contribution in [3.8, 4) is 10.6 Å². The first-order valence-electron chi connectivity index (χ1n) is 7.31. The Labute approximate surface area is 145 Å². The third-order valence-corrected chi connectivity index (χ3v) is 5.43. The molecule has 0 spiro atoms. The molecule has 3 aromatic rings. The summed E-state index contributed by atoms with van der Waals surface area (Å²) in [4.78, 5) is 2.19. The fraction of sp³-hybridized carbons (Fsp3) is 0.250. The minimum absolute atomic E-state index is 0.179. The van der Waals surface area contributed by atoms with Crippen LogP contribution in [0, 0.1) is 5.82 Å². The first kappa shape index (κ1) is 14.8. The SMILES string of the molecule is Fc1ccc(Br)cc1-c1nnc(N2CCCC2c2ccco2)s1. The van der Waals surface area contributed by atoms with Gasteiger partial charge in [0.15, 0.2) is 5.01 Å². The van der Waals surface area contributed by atoms with Gasteiger partial charge in [-0.15, -0.1) is 10.2 Å². The molecule has 4 rings (SSSR count). The van der Waals surface area contributed by atoms with Crippen LogP contribution in [0.4, 0.5) is 9.52 Å². The molecule has 1 aromatic carbocycles. The van der Waals surface area contributed by atoms with Gasteiger partial charge < -0.3 is 9.32 Å². The summed E-state index contributed by atoms with van der Waals surface area (Å²) < 4.78 is 20.4. The maximum Gasteiger partial charge on any atom is 0.209 e. The van der Waals surface area contributed by atoms with Crippen LogP contribution in [0.25, 0.3) is 10.6 Å². The predicted molar refractivity (Wildman–Crippen MR) is 91.0 cm³/mol. The van der Waals surface area contributed by atoms with Crippen LogP contribution in [0.1, 0.15) is 24.6 Å². The van der Waals surface area contributed by atoms with E-state index in [2.05, 4.69) is 31.0 Å². The average molecular weight is 394 g/mol. The van der Waals surface area contributed by atoms with Crippen molar-refractivity contribution in [1.29, 1.82) is 0 Å². The van der Waals surface area contributed by atoms with Crippen LogP contribution < -0.4 is 4.90 Å². The van der Waals surface area contributed by atoms with Gasteiger partial charge in [-0.25, -0.2) is 4.39 Å². The smallest absolute Gasteiger partial charge is 0.209 e. The van der Waals surface area contributed by atoms with E-state index >= 15 is 0 Å². The molecule has 2 aromatic heterocycles. The van der Waals surface area contributed by atoms with E-state index in [1.807, 2.05) is 12.1 Å². The minimum atomic E-state index is -0.292. The molecular formula is C16H13BrFN3OS. The molecule has 1 aliphatic rings. The van der Waals surface area contributed by atoms with Crippen molar-refractivity contribution in [3.05, 3.63) is 52.6 Å². The molecule has 4 nitrogen and oxygen atoms in total. The zero-order chi connectivity index (χ0) is 15.8. The van der Waals surface area contributed by atoms with Gasteiger partial charge in [0.05, 0.1) is 12.3 Å². The second-order valence-electron chi connectivity index (χ2n) is 5.38. The summed E-state index contributed by atoms with van der Waals surface area (Å²) in [5, 5.41) is 9.85. The molecule has 0 N–H and O–H groups in total. The Hall–Kier alpha value is -1.73. The number of anilines is 1. The maximum absolute atomic E-state index is 14.0. The van der Waals surface area contributed by atoms with Crippen molar-refractivity contribution in [1.82, 2.24) is 10.2 Å². The number of rotatable bonds is 3. The molecule has 0 aliphatic carbocycles. The molecule has 0 amide bonds. The van der Waals surface area contributed by atoms with Gasteiger partial charge in [-0.3, -0.25) is 0 Å². The molecule has 0 bridgehead atoms. The van der Waals surface area contributed by atoms with Crippen LogP contribution in [-0.2, 0) is 0 Å². The molecule has 0 saturated carbocycles. The normalized spacial score (nSPS) is 17.8. The van der Waals surface area contributed by atoms with E-state index in [-0.39, 0.29) is 11.9 Å². The van der Waals surface area contributed by atoms with E-state index in [4.69, 9.17) is 4.42 Å². The molecule has 1 atom stereocenters. The van der Waals surface area contributed by atoms with Crippen molar-refractivity contribution in [2.75, 3.05) is 11.4 Å². The summed E-state index contributed by atoms with van der Waals surface area (Å²) in [7, 11) is 0. The van der Waals surface area contributed by atoms with Gasteiger partial charge in [0.1, 0.15) is 11.6 Å². The van der Waals surface area contributed by atoms with Crippen molar-refractivity contribution in [3.63, 3.8) is 0 Å². The van der Waals surface area contributed by atoms with Crippen molar-refractivity contribution in [2.45, 2.75) is 18.9 Å². The van der Waals surface area contributed by atoms with Gasteiger partial charge in [0.2, 0.25) is 5.13 Å². The zero-order valence-corrected chi connectivity index (χ0v) is 14.5. The molecule has 7 heteroatoms. The van der Waals surface area contributed by atoms with Gasteiger partial charge in [0.25, 0.3) is 0 Å². The van der Waals surface area contributed by atoms with Crippen LogP contribution in [0.2, 0.25) is 0 Å². The van der Waals surface area contributed by atoms with Gasteiger partial charge in [0, 0.05) is 16.6 Å². The summed E-state index contributed by atoms with van der Waals surface area (Å²) in [6.45, 7) is 0.904. The Bertz CT molecular complexity index is 821. The van der Waals surface area contributed by atoms with Crippen LogP contribution in [0.15, 0.2) is 45.5 Å². The Morgan fingerprint density at radius 3 is 3.04 bits per heavy atom. The number of hydrogen-bond donors (Lipinski definition) is 0. The second kappa shape index (κ2) is 6.05. The number of nitrogens with zero attached hydrogens (tertiary/aromatic N) is 3. The highest BCUT2D eigenvalue weighted by Crippen LogP contribution is 2.40. The Morgan fingerprint density at radius 2 is 2.22 bits per heavy atom. The van der Waals surface area contributed by atoms with E-state index in [1.54, 1.807) is 18.4 Å². The Balaban J connectivity index is 1.66. The largest absolute Gasteiger partial charge is 0.467 e. The number of aromatic nitrogens is 2. The lowest BCUT2D eigenvalue weighted by atomic mass is 10.2. The van der Waals surface area contributed by atoms with Crippen molar-refractivity contribution >= 4 is 32.4 Å². The number of furan rings is 1. The lowest BCUT2D eigenvalue weighted by Gasteiger charge is -2.21. The van der Waals surface area contributed by atoms with Crippen LogP contribution in [0.3, 0.4) is 0 Å². The topological polar surface area (TPSA) is 42.2 Å². The summed E-state index contributed by atoms with van der Waals surface area (Å²) in [5.74, 6) is 0.646. The quantitative estimate of drug-likeness (QED) is 0.624. The standard InChI is InChI=1S/C16H13BrFN3OS/c17-10-5-6-12(18)11(9-10)15-19-20-16(23-15)21-7-1-3-13(21)14-4-2-8-22-14/h2,4-6,8-9,13H,1,3,7H2. The zero-order valence-electron chi connectivity index (χ0n) is 12.1. The van der Waals surface area contributed by atoms with E-state index in [0.717, 1.165) is 34.8 Å². The first-order valence-corrected chi connectivity index (χ1v) is 8.92. The van der Waals surface area contributed by atoms with Crippen molar-refractivity contribution < 1.29 is 8.81 Å². The third kappa shape index (κ3) is 2.79. The van der Waals surface area contributed by atoms with Gasteiger partial charge in [-0.05, 0) is 43.2 Å².